The molecule has 0 saturated carbocycles. The summed E-state index contributed by atoms with van der Waals surface area (Å²) in [5, 5.41) is 0.492. The van der Waals surface area contributed by atoms with Crippen molar-refractivity contribution >= 4 is 28.2 Å². The molecule has 1 aromatic rings. The average molecular weight is 214 g/mol. The Bertz CT molecular complexity index is 611. The lowest BCUT2D eigenvalue weighted by molar-refractivity contribution is -0.112. The van der Waals surface area contributed by atoms with Gasteiger partial charge < -0.3 is 0 Å². The van der Waals surface area contributed by atoms with Gasteiger partial charge in [0.1, 0.15) is 6.33 Å². The first-order chi connectivity index (χ1) is 6.48. The quantitative estimate of drug-likeness (QED) is 0.550. The number of imidazole rings is 1. The number of Topliss-reactive ketones (excluding diaryl/α,β-unsaturated/α-hetero) is 1. The number of fused-ring (bicyclic) bond motifs is 1. The Balaban J connectivity index is 2.85. The Morgan fingerprint density at radius 1 is 1.50 bits per heavy atom. The number of hydrogen-bond acceptors (Lipinski definition) is 4. The van der Waals surface area contributed by atoms with Gasteiger partial charge in [0, 0.05) is 12.5 Å². The molecule has 1 aliphatic rings. The van der Waals surface area contributed by atoms with Crippen molar-refractivity contribution in [2.24, 2.45) is 0 Å². The van der Waals surface area contributed by atoms with Crippen molar-refractivity contribution in [3.8, 4) is 0 Å². The highest BCUT2D eigenvalue weighted by Gasteiger charge is 2.13. The SMILES string of the molecule is O=C1C=c2ncn(S(=O)(=O)O)c2=CC1. The van der Waals surface area contributed by atoms with Gasteiger partial charge in [0.05, 0.1) is 10.7 Å². The van der Waals surface area contributed by atoms with Gasteiger partial charge in [0.2, 0.25) is 0 Å². The number of ketones is 1. The first-order valence-electron chi connectivity index (χ1n) is 3.74. The zero-order valence-corrected chi connectivity index (χ0v) is 7.73. The largest absolute Gasteiger partial charge is 0.365 e. The van der Waals surface area contributed by atoms with E-state index in [1.54, 1.807) is 0 Å². The van der Waals surface area contributed by atoms with Crippen molar-refractivity contribution in [3.05, 3.63) is 17.0 Å². The van der Waals surface area contributed by atoms with E-state index in [1.807, 2.05) is 0 Å². The molecule has 1 aliphatic carbocycles. The minimum absolute atomic E-state index is 0.119. The van der Waals surface area contributed by atoms with E-state index in [2.05, 4.69) is 4.98 Å². The minimum Gasteiger partial charge on any atom is -0.294 e. The van der Waals surface area contributed by atoms with Gasteiger partial charge in [-0.3, -0.25) is 9.35 Å². The lowest BCUT2D eigenvalue weighted by atomic mass is 10.2. The molecule has 0 aliphatic heterocycles. The monoisotopic (exact) mass is 214 g/mol. The van der Waals surface area contributed by atoms with Crippen LogP contribution in [0.1, 0.15) is 6.42 Å². The van der Waals surface area contributed by atoms with E-state index in [0.717, 1.165) is 6.33 Å². The van der Waals surface area contributed by atoms with E-state index >= 15 is 0 Å². The Morgan fingerprint density at radius 2 is 2.21 bits per heavy atom. The minimum atomic E-state index is -4.33. The molecule has 6 nitrogen and oxygen atoms in total. The summed E-state index contributed by atoms with van der Waals surface area (Å²) < 4.78 is 31.0. The first kappa shape index (κ1) is 9.10. The van der Waals surface area contributed by atoms with E-state index in [4.69, 9.17) is 4.55 Å². The van der Waals surface area contributed by atoms with Crippen LogP contribution in [0.2, 0.25) is 0 Å². The number of rotatable bonds is 1. The molecule has 74 valence electrons. The van der Waals surface area contributed by atoms with Crippen LogP contribution in [-0.4, -0.2) is 27.7 Å². The number of carbonyl (C=O) groups is 1. The topological polar surface area (TPSA) is 89.3 Å². The maximum absolute atomic E-state index is 10.9. The summed E-state index contributed by atoms with van der Waals surface area (Å²) in [7, 11) is -4.33. The van der Waals surface area contributed by atoms with Crippen molar-refractivity contribution in [2.75, 3.05) is 0 Å². The Hall–Kier alpha value is -1.47. The van der Waals surface area contributed by atoms with Gasteiger partial charge in [-0.1, -0.05) is 0 Å². The van der Waals surface area contributed by atoms with Crippen LogP contribution < -0.4 is 10.7 Å². The highest BCUT2D eigenvalue weighted by atomic mass is 32.2. The molecule has 7 heteroatoms. The van der Waals surface area contributed by atoms with E-state index < -0.39 is 10.3 Å². The summed E-state index contributed by atoms with van der Waals surface area (Å²) in [6.07, 6.45) is 3.75. The van der Waals surface area contributed by atoms with Crippen LogP contribution in [0.3, 0.4) is 0 Å². The fraction of sp³-hybridized carbons (Fsp3) is 0.143. The molecule has 0 spiro atoms. The molecule has 0 atom stereocenters. The predicted octanol–water partition coefficient (Wildman–Crippen LogP) is -1.93. The summed E-state index contributed by atoms with van der Waals surface area (Å²) in [6.45, 7) is 0. The van der Waals surface area contributed by atoms with Crippen LogP contribution in [0.5, 0.6) is 0 Å². The molecule has 14 heavy (non-hydrogen) atoms. The van der Waals surface area contributed by atoms with Crippen molar-refractivity contribution in [1.82, 2.24) is 8.96 Å². The maximum atomic E-state index is 10.9. The van der Waals surface area contributed by atoms with E-state index in [0.29, 0.717) is 3.97 Å². The number of hydrogen-bond donors (Lipinski definition) is 1. The molecule has 0 unspecified atom stereocenters. The lowest BCUT2D eigenvalue weighted by Crippen LogP contribution is -2.36. The summed E-state index contributed by atoms with van der Waals surface area (Å²) in [4.78, 5) is 14.6. The van der Waals surface area contributed by atoms with Gasteiger partial charge in [-0.15, -0.1) is 0 Å². The molecule has 0 saturated heterocycles. The van der Waals surface area contributed by atoms with Gasteiger partial charge in [0.15, 0.2) is 5.78 Å². The van der Waals surface area contributed by atoms with Crippen LogP contribution in [0.4, 0.5) is 0 Å². The Labute approximate surface area is 79.1 Å². The highest BCUT2D eigenvalue weighted by molar-refractivity contribution is 7.84. The Morgan fingerprint density at radius 3 is 2.86 bits per heavy atom. The second-order valence-electron chi connectivity index (χ2n) is 2.81. The van der Waals surface area contributed by atoms with Gasteiger partial charge in [-0.05, 0) is 6.08 Å². The highest BCUT2D eigenvalue weighted by Crippen LogP contribution is 1.91. The third kappa shape index (κ3) is 1.36. The molecular formula is C7H6N2O4S. The molecular weight excluding hydrogens is 208 g/mol. The molecule has 0 bridgehead atoms. The second kappa shape index (κ2) is 2.76. The fourth-order valence-electron chi connectivity index (χ4n) is 1.25. The summed E-state index contributed by atoms with van der Waals surface area (Å²) in [5.74, 6) is -0.141. The molecule has 0 radical (unpaired) electrons. The molecule has 1 N–H and O–H groups in total. The van der Waals surface area contributed by atoms with Crippen LogP contribution in [0.25, 0.3) is 12.2 Å². The van der Waals surface area contributed by atoms with Crippen molar-refractivity contribution in [1.29, 1.82) is 0 Å². The van der Waals surface area contributed by atoms with Gasteiger partial charge in [-0.25, -0.2) is 8.96 Å². The maximum Gasteiger partial charge on any atom is 0.365 e. The van der Waals surface area contributed by atoms with Gasteiger partial charge >= 0.3 is 10.3 Å². The summed E-state index contributed by atoms with van der Waals surface area (Å²) in [5.41, 5.74) is 0. The van der Waals surface area contributed by atoms with Crippen LogP contribution in [0.15, 0.2) is 6.33 Å². The van der Waals surface area contributed by atoms with Crippen molar-refractivity contribution < 1.29 is 17.8 Å². The zero-order valence-electron chi connectivity index (χ0n) is 6.91. The van der Waals surface area contributed by atoms with Crippen molar-refractivity contribution in [2.45, 2.75) is 6.42 Å². The second-order valence-corrected chi connectivity index (χ2v) is 4.10. The third-order valence-corrected chi connectivity index (χ3v) is 2.63. The fourth-order valence-corrected chi connectivity index (χ4v) is 1.84. The third-order valence-electron chi connectivity index (χ3n) is 1.84. The summed E-state index contributed by atoms with van der Waals surface area (Å²) >= 11 is 0. The van der Waals surface area contributed by atoms with Crippen LogP contribution >= 0.6 is 0 Å². The first-order valence-corrected chi connectivity index (χ1v) is 5.14. The van der Waals surface area contributed by atoms with Gasteiger partial charge in [-0.2, -0.15) is 8.42 Å². The standard InChI is InChI=1S/C7H6N2O4S/c10-5-1-2-7-6(3-5)8-4-9(7)14(11,12)13/h2-4H,1H2,(H,11,12,13). The van der Waals surface area contributed by atoms with E-state index in [-0.39, 0.29) is 22.9 Å². The summed E-state index contributed by atoms with van der Waals surface area (Å²) in [6, 6.07) is 0. The lowest BCUT2D eigenvalue weighted by Gasteiger charge is -1.98. The molecule has 1 aromatic heterocycles. The zero-order chi connectivity index (χ0) is 10.3. The predicted molar refractivity (Wildman–Crippen MR) is 47.0 cm³/mol. The smallest absolute Gasteiger partial charge is 0.294 e. The molecule has 0 amide bonds. The number of carbonyl (C=O) groups excluding carboxylic acids is 1. The Kier molecular flexibility index (Phi) is 1.79. The average Bonchev–Trinajstić information content (AvgIpc) is 2.45. The molecule has 2 rings (SSSR count). The van der Waals surface area contributed by atoms with Crippen LogP contribution in [-0.2, 0) is 15.1 Å². The molecule has 0 fully saturated rings. The van der Waals surface area contributed by atoms with Gasteiger partial charge in [0.25, 0.3) is 0 Å². The normalized spacial score (nSPS) is 15.6. The van der Waals surface area contributed by atoms with E-state index in [1.165, 1.54) is 12.2 Å². The molecule has 0 aromatic carbocycles. The molecule has 1 heterocycles. The number of aromatic nitrogens is 2. The number of nitrogens with zero attached hydrogens (tertiary/aromatic N) is 2. The van der Waals surface area contributed by atoms with Crippen LogP contribution in [0, 0.1) is 0 Å². The van der Waals surface area contributed by atoms with Crippen molar-refractivity contribution in [3.63, 3.8) is 0 Å². The van der Waals surface area contributed by atoms with E-state index in [9.17, 15) is 13.2 Å².